The quantitative estimate of drug-likeness (QED) is 0.268. The maximum absolute atomic E-state index is 13.2. The third-order valence-corrected chi connectivity index (χ3v) is 6.61. The average molecular weight is 489 g/mol. The molecule has 3 aromatic carbocycles. The van der Waals surface area contributed by atoms with E-state index in [4.69, 9.17) is 4.42 Å². The number of carbonyl (C=O) groups excluding carboxylic acids is 2. The molecule has 0 saturated heterocycles. The zero-order valence-corrected chi connectivity index (χ0v) is 21.1. The molecule has 37 heavy (non-hydrogen) atoms. The number of ketones is 1. The molecule has 2 aromatic heterocycles. The van der Waals surface area contributed by atoms with Crippen LogP contribution in [-0.4, -0.2) is 16.7 Å². The minimum atomic E-state index is -0.250. The molecule has 0 aliphatic heterocycles. The van der Waals surface area contributed by atoms with Crippen molar-refractivity contribution in [1.82, 2.24) is 10.3 Å². The number of carbonyl (C=O) groups is 2. The van der Waals surface area contributed by atoms with Crippen LogP contribution < -0.4 is 5.32 Å². The lowest BCUT2D eigenvalue weighted by Gasteiger charge is -2.22. The number of furan rings is 1. The van der Waals surface area contributed by atoms with Crippen molar-refractivity contribution >= 4 is 22.7 Å². The van der Waals surface area contributed by atoms with Crippen LogP contribution in [0.25, 0.3) is 11.0 Å². The number of hydrogen-bond acceptors (Lipinski definition) is 4. The van der Waals surface area contributed by atoms with Crippen LogP contribution in [0.3, 0.4) is 0 Å². The van der Waals surface area contributed by atoms with Gasteiger partial charge in [-0.2, -0.15) is 0 Å². The van der Waals surface area contributed by atoms with E-state index in [1.54, 1.807) is 24.5 Å². The molecule has 5 aromatic rings. The van der Waals surface area contributed by atoms with Gasteiger partial charge in [0.05, 0.1) is 12.5 Å². The van der Waals surface area contributed by atoms with Gasteiger partial charge < -0.3 is 9.73 Å². The summed E-state index contributed by atoms with van der Waals surface area (Å²) in [6, 6.07) is 25.1. The molecule has 0 bridgehead atoms. The number of nitrogens with one attached hydrogen (secondary N) is 1. The predicted molar refractivity (Wildman–Crippen MR) is 145 cm³/mol. The van der Waals surface area contributed by atoms with E-state index in [-0.39, 0.29) is 29.9 Å². The molecule has 0 spiro atoms. The van der Waals surface area contributed by atoms with Crippen LogP contribution in [0.5, 0.6) is 0 Å². The first kappa shape index (κ1) is 24.2. The van der Waals surface area contributed by atoms with Crippen LogP contribution in [0.15, 0.2) is 95.7 Å². The van der Waals surface area contributed by atoms with Gasteiger partial charge in [0.25, 0.3) is 0 Å². The normalized spacial score (nSPS) is 11.9. The smallest absolute Gasteiger partial charge is 0.228 e. The SMILES string of the molecule is Cc1ccc(C(NC(=O)Cc2ccc3oc(C(=O)c4ccncc4C)cc3c2)c2ccccc2)c(C)c1. The van der Waals surface area contributed by atoms with Crippen LogP contribution in [0, 0.1) is 20.8 Å². The van der Waals surface area contributed by atoms with Gasteiger partial charge in [-0.3, -0.25) is 14.6 Å². The molecule has 1 unspecified atom stereocenters. The van der Waals surface area contributed by atoms with E-state index >= 15 is 0 Å². The Morgan fingerprint density at radius 2 is 1.70 bits per heavy atom. The molecule has 2 heterocycles. The molecule has 0 fully saturated rings. The molecule has 5 heteroatoms. The molecule has 1 N–H and O–H groups in total. The summed E-state index contributed by atoms with van der Waals surface area (Å²) in [4.78, 5) is 30.2. The summed E-state index contributed by atoms with van der Waals surface area (Å²) in [5.74, 6) is -0.000152. The Morgan fingerprint density at radius 3 is 2.46 bits per heavy atom. The summed E-state index contributed by atoms with van der Waals surface area (Å²) >= 11 is 0. The Kier molecular flexibility index (Phi) is 6.69. The number of pyridine rings is 1. The zero-order valence-electron chi connectivity index (χ0n) is 21.1. The van der Waals surface area contributed by atoms with Crippen LogP contribution in [0.4, 0.5) is 0 Å². The van der Waals surface area contributed by atoms with Gasteiger partial charge in [0.2, 0.25) is 11.7 Å². The fraction of sp³-hybridized carbons (Fsp3) is 0.156. The van der Waals surface area contributed by atoms with Crippen LogP contribution in [0.2, 0.25) is 0 Å². The van der Waals surface area contributed by atoms with E-state index in [1.807, 2.05) is 55.5 Å². The van der Waals surface area contributed by atoms with Crippen molar-refractivity contribution in [2.24, 2.45) is 0 Å². The lowest BCUT2D eigenvalue weighted by molar-refractivity contribution is -0.120. The topological polar surface area (TPSA) is 72.2 Å². The van der Waals surface area contributed by atoms with Crippen molar-refractivity contribution in [2.45, 2.75) is 33.2 Å². The van der Waals surface area contributed by atoms with Gasteiger partial charge in [-0.1, -0.05) is 60.2 Å². The van der Waals surface area contributed by atoms with E-state index in [2.05, 4.69) is 42.3 Å². The first-order chi connectivity index (χ1) is 17.9. The Hall–Kier alpha value is -4.51. The third kappa shape index (κ3) is 5.21. The molecule has 5 nitrogen and oxygen atoms in total. The Labute approximate surface area is 216 Å². The number of aromatic nitrogens is 1. The highest BCUT2D eigenvalue weighted by Gasteiger charge is 2.20. The van der Waals surface area contributed by atoms with Gasteiger partial charge in [0.15, 0.2) is 5.76 Å². The summed E-state index contributed by atoms with van der Waals surface area (Å²) in [6.45, 7) is 5.99. The molecule has 5 rings (SSSR count). The van der Waals surface area contributed by atoms with E-state index in [1.165, 1.54) is 5.56 Å². The van der Waals surface area contributed by atoms with Crippen molar-refractivity contribution < 1.29 is 14.0 Å². The lowest BCUT2D eigenvalue weighted by atomic mass is 9.93. The van der Waals surface area contributed by atoms with Crippen molar-refractivity contribution in [3.8, 4) is 0 Å². The second kappa shape index (κ2) is 10.2. The van der Waals surface area contributed by atoms with Crippen molar-refractivity contribution in [3.63, 3.8) is 0 Å². The van der Waals surface area contributed by atoms with E-state index in [9.17, 15) is 9.59 Å². The first-order valence-corrected chi connectivity index (χ1v) is 12.3. The molecule has 0 saturated carbocycles. The van der Waals surface area contributed by atoms with Crippen molar-refractivity contribution in [2.75, 3.05) is 0 Å². The maximum atomic E-state index is 13.2. The number of rotatable bonds is 7. The number of hydrogen-bond donors (Lipinski definition) is 1. The third-order valence-electron chi connectivity index (χ3n) is 6.61. The molecular weight excluding hydrogens is 460 g/mol. The molecule has 1 amide bonds. The van der Waals surface area contributed by atoms with Gasteiger partial charge in [-0.15, -0.1) is 0 Å². The summed E-state index contributed by atoms with van der Waals surface area (Å²) in [5.41, 5.74) is 7.23. The van der Waals surface area contributed by atoms with E-state index in [0.29, 0.717) is 11.1 Å². The minimum absolute atomic E-state index is 0.0830. The van der Waals surface area contributed by atoms with Crippen LogP contribution in [-0.2, 0) is 11.2 Å². The first-order valence-electron chi connectivity index (χ1n) is 12.3. The van der Waals surface area contributed by atoms with Gasteiger partial charge in [0.1, 0.15) is 5.58 Å². The summed E-state index contributed by atoms with van der Waals surface area (Å²) in [7, 11) is 0. The highest BCUT2D eigenvalue weighted by atomic mass is 16.3. The van der Waals surface area contributed by atoms with Gasteiger partial charge in [0, 0.05) is 23.3 Å². The predicted octanol–water partition coefficient (Wildman–Crippen LogP) is 6.43. The standard InChI is InChI=1S/C32H28N2O3/c1-20-9-11-26(21(2)15-20)31(24-7-5-4-6-8-24)34-30(35)17-23-10-12-28-25(16-23)18-29(37-28)32(36)27-13-14-33-19-22(27)3/h4-16,18-19,31H,17H2,1-3H3,(H,34,35). The molecule has 0 aliphatic carbocycles. The molecule has 0 radical (unpaired) electrons. The summed E-state index contributed by atoms with van der Waals surface area (Å²) < 4.78 is 5.83. The minimum Gasteiger partial charge on any atom is -0.453 e. The van der Waals surface area contributed by atoms with E-state index < -0.39 is 0 Å². The molecule has 0 aliphatic rings. The molecule has 184 valence electrons. The Balaban J connectivity index is 1.37. The molecule has 1 atom stereocenters. The van der Waals surface area contributed by atoms with Gasteiger partial charge >= 0.3 is 0 Å². The highest BCUT2D eigenvalue weighted by molar-refractivity contribution is 6.09. The Morgan fingerprint density at radius 1 is 0.892 bits per heavy atom. The number of amides is 1. The Bertz CT molecular complexity index is 1600. The van der Waals surface area contributed by atoms with E-state index in [0.717, 1.165) is 33.2 Å². The van der Waals surface area contributed by atoms with Gasteiger partial charge in [-0.25, -0.2) is 0 Å². The fourth-order valence-electron chi connectivity index (χ4n) is 4.71. The number of benzene rings is 3. The maximum Gasteiger partial charge on any atom is 0.228 e. The van der Waals surface area contributed by atoms with Crippen LogP contribution in [0.1, 0.15) is 55.5 Å². The molecular formula is C32H28N2O3. The summed E-state index contributed by atoms with van der Waals surface area (Å²) in [5, 5.41) is 4.02. The monoisotopic (exact) mass is 488 g/mol. The van der Waals surface area contributed by atoms with Crippen molar-refractivity contribution in [1.29, 1.82) is 0 Å². The lowest BCUT2D eigenvalue weighted by Crippen LogP contribution is -2.31. The zero-order chi connectivity index (χ0) is 25.9. The fourth-order valence-corrected chi connectivity index (χ4v) is 4.71. The largest absolute Gasteiger partial charge is 0.453 e. The summed E-state index contributed by atoms with van der Waals surface area (Å²) in [6.07, 6.45) is 3.47. The van der Waals surface area contributed by atoms with Crippen LogP contribution >= 0.6 is 0 Å². The number of fused-ring (bicyclic) bond motifs is 1. The number of aryl methyl sites for hydroxylation is 3. The number of nitrogens with zero attached hydrogens (tertiary/aromatic N) is 1. The second-order valence-electron chi connectivity index (χ2n) is 9.45. The second-order valence-corrected chi connectivity index (χ2v) is 9.45. The van der Waals surface area contributed by atoms with Gasteiger partial charge in [-0.05, 0) is 72.9 Å². The average Bonchev–Trinajstić information content (AvgIpc) is 3.32. The van der Waals surface area contributed by atoms with Crippen molar-refractivity contribution in [3.05, 3.63) is 136 Å². The highest BCUT2D eigenvalue weighted by Crippen LogP contribution is 2.27.